The maximum absolute atomic E-state index is 13.6. The molecule has 1 aromatic carbocycles. The number of halogens is 1. The fraction of sp³-hybridized carbons (Fsp3) is 0.182. The number of rotatable bonds is 1. The molecule has 78 valence electrons. The Bertz CT molecular complexity index is 463. The Hall–Kier alpha value is -1.84. The van der Waals surface area contributed by atoms with Gasteiger partial charge in [0.2, 0.25) is 0 Å². The summed E-state index contributed by atoms with van der Waals surface area (Å²) in [5.74, 6) is 0.251. The lowest BCUT2D eigenvalue weighted by Gasteiger charge is -2.02. The number of benzene rings is 1. The van der Waals surface area contributed by atoms with Crippen LogP contribution >= 0.6 is 0 Å². The van der Waals surface area contributed by atoms with Crippen molar-refractivity contribution in [2.24, 2.45) is 7.05 Å². The SMILES string of the molecule is Cc1cccc(F)c1-c1cc(N)n(C)n1. The second kappa shape index (κ2) is 3.38. The third-order valence-electron chi connectivity index (χ3n) is 2.39. The van der Waals surface area contributed by atoms with Crippen molar-refractivity contribution in [3.05, 3.63) is 35.6 Å². The van der Waals surface area contributed by atoms with E-state index in [-0.39, 0.29) is 5.82 Å². The van der Waals surface area contributed by atoms with E-state index in [1.54, 1.807) is 19.2 Å². The van der Waals surface area contributed by atoms with E-state index in [2.05, 4.69) is 5.10 Å². The van der Waals surface area contributed by atoms with Crippen molar-refractivity contribution >= 4 is 5.82 Å². The average molecular weight is 205 g/mol. The molecule has 0 saturated heterocycles. The van der Waals surface area contributed by atoms with Gasteiger partial charge in [-0.05, 0) is 18.6 Å². The molecule has 2 N–H and O–H groups in total. The summed E-state index contributed by atoms with van der Waals surface area (Å²) in [6, 6.07) is 6.63. The quantitative estimate of drug-likeness (QED) is 0.774. The number of aryl methyl sites for hydroxylation is 2. The first-order valence-corrected chi connectivity index (χ1v) is 4.64. The van der Waals surface area contributed by atoms with Gasteiger partial charge in [0.05, 0.1) is 5.69 Å². The number of anilines is 1. The van der Waals surface area contributed by atoms with Gasteiger partial charge in [-0.25, -0.2) is 4.39 Å². The number of hydrogen-bond donors (Lipinski definition) is 1. The molecule has 3 nitrogen and oxygen atoms in total. The van der Waals surface area contributed by atoms with Crippen molar-refractivity contribution in [1.82, 2.24) is 9.78 Å². The average Bonchev–Trinajstić information content (AvgIpc) is 2.46. The highest BCUT2D eigenvalue weighted by molar-refractivity contribution is 5.66. The first-order chi connectivity index (χ1) is 7.09. The van der Waals surface area contributed by atoms with Crippen LogP contribution in [0.4, 0.5) is 10.2 Å². The predicted molar refractivity (Wildman–Crippen MR) is 57.8 cm³/mol. The van der Waals surface area contributed by atoms with Crippen LogP contribution in [0.1, 0.15) is 5.56 Å². The maximum Gasteiger partial charge on any atom is 0.132 e. The molecule has 0 bridgehead atoms. The zero-order chi connectivity index (χ0) is 11.0. The molecule has 0 fully saturated rings. The minimum Gasteiger partial charge on any atom is -0.384 e. The van der Waals surface area contributed by atoms with E-state index in [1.807, 2.05) is 13.0 Å². The molecule has 0 radical (unpaired) electrons. The van der Waals surface area contributed by atoms with E-state index in [1.165, 1.54) is 10.7 Å². The van der Waals surface area contributed by atoms with Crippen molar-refractivity contribution in [2.45, 2.75) is 6.92 Å². The molecular formula is C11H12FN3. The smallest absolute Gasteiger partial charge is 0.132 e. The van der Waals surface area contributed by atoms with E-state index in [0.717, 1.165) is 5.56 Å². The first kappa shape index (κ1) is 9.71. The summed E-state index contributed by atoms with van der Waals surface area (Å²) in [6.45, 7) is 1.85. The summed E-state index contributed by atoms with van der Waals surface area (Å²) in [5, 5.41) is 4.15. The van der Waals surface area contributed by atoms with E-state index in [4.69, 9.17) is 5.73 Å². The molecule has 2 rings (SSSR count). The van der Waals surface area contributed by atoms with Crippen LogP contribution in [0.25, 0.3) is 11.3 Å². The second-order valence-electron chi connectivity index (χ2n) is 3.51. The molecule has 0 aliphatic heterocycles. The third-order valence-corrected chi connectivity index (χ3v) is 2.39. The number of nitrogen functional groups attached to an aromatic ring is 1. The van der Waals surface area contributed by atoms with Crippen LogP contribution in [0.5, 0.6) is 0 Å². The highest BCUT2D eigenvalue weighted by atomic mass is 19.1. The van der Waals surface area contributed by atoms with Gasteiger partial charge < -0.3 is 5.73 Å². The number of nitrogens with zero attached hydrogens (tertiary/aromatic N) is 2. The topological polar surface area (TPSA) is 43.8 Å². The van der Waals surface area contributed by atoms with Gasteiger partial charge in [-0.15, -0.1) is 0 Å². The Morgan fingerprint density at radius 3 is 2.67 bits per heavy atom. The van der Waals surface area contributed by atoms with Gasteiger partial charge in [0.25, 0.3) is 0 Å². The van der Waals surface area contributed by atoms with Crippen LogP contribution in [-0.4, -0.2) is 9.78 Å². The highest BCUT2D eigenvalue weighted by Crippen LogP contribution is 2.26. The van der Waals surface area contributed by atoms with Crippen molar-refractivity contribution in [3.63, 3.8) is 0 Å². The number of aromatic nitrogens is 2. The van der Waals surface area contributed by atoms with Crippen molar-refractivity contribution < 1.29 is 4.39 Å². The molecule has 4 heteroatoms. The molecule has 1 aromatic heterocycles. The standard InChI is InChI=1S/C11H12FN3/c1-7-4-3-5-8(12)11(7)9-6-10(13)15(2)14-9/h3-6H,13H2,1-2H3. The molecule has 0 unspecified atom stereocenters. The van der Waals surface area contributed by atoms with E-state index < -0.39 is 0 Å². The van der Waals surface area contributed by atoms with E-state index in [0.29, 0.717) is 17.1 Å². The summed E-state index contributed by atoms with van der Waals surface area (Å²) in [6.07, 6.45) is 0. The molecule has 2 aromatic rings. The lowest BCUT2D eigenvalue weighted by Crippen LogP contribution is -1.97. The van der Waals surface area contributed by atoms with Crippen LogP contribution in [0.2, 0.25) is 0 Å². The van der Waals surface area contributed by atoms with Crippen LogP contribution in [0.3, 0.4) is 0 Å². The minimum atomic E-state index is -0.270. The van der Waals surface area contributed by atoms with Gasteiger partial charge >= 0.3 is 0 Å². The van der Waals surface area contributed by atoms with Crippen LogP contribution in [0, 0.1) is 12.7 Å². The monoisotopic (exact) mass is 205 g/mol. The predicted octanol–water partition coefficient (Wildman–Crippen LogP) is 2.12. The fourth-order valence-electron chi connectivity index (χ4n) is 1.56. The van der Waals surface area contributed by atoms with Gasteiger partial charge in [-0.3, -0.25) is 4.68 Å². The Labute approximate surface area is 87.3 Å². The highest BCUT2D eigenvalue weighted by Gasteiger charge is 2.11. The lowest BCUT2D eigenvalue weighted by molar-refractivity contribution is 0.629. The van der Waals surface area contributed by atoms with E-state index in [9.17, 15) is 4.39 Å². The molecule has 0 aliphatic rings. The Balaban J connectivity index is 2.63. The Kier molecular flexibility index (Phi) is 2.19. The van der Waals surface area contributed by atoms with Gasteiger partial charge in [0.15, 0.2) is 0 Å². The molecule has 0 amide bonds. The largest absolute Gasteiger partial charge is 0.384 e. The zero-order valence-electron chi connectivity index (χ0n) is 8.66. The number of hydrogen-bond acceptors (Lipinski definition) is 2. The molecule has 15 heavy (non-hydrogen) atoms. The third kappa shape index (κ3) is 1.58. The van der Waals surface area contributed by atoms with Gasteiger partial charge in [0.1, 0.15) is 11.6 Å². The molecule has 0 saturated carbocycles. The summed E-state index contributed by atoms with van der Waals surface area (Å²) in [7, 11) is 1.73. The molecule has 0 atom stereocenters. The Morgan fingerprint density at radius 2 is 2.13 bits per heavy atom. The summed E-state index contributed by atoms with van der Waals surface area (Å²) in [5.41, 5.74) is 7.60. The fourth-order valence-corrected chi connectivity index (χ4v) is 1.56. The van der Waals surface area contributed by atoms with Crippen molar-refractivity contribution in [3.8, 4) is 11.3 Å². The molecule has 0 spiro atoms. The molecule has 0 aliphatic carbocycles. The molecule has 1 heterocycles. The van der Waals surface area contributed by atoms with Crippen molar-refractivity contribution in [1.29, 1.82) is 0 Å². The zero-order valence-corrected chi connectivity index (χ0v) is 8.66. The summed E-state index contributed by atoms with van der Waals surface area (Å²) < 4.78 is 15.1. The second-order valence-corrected chi connectivity index (χ2v) is 3.51. The van der Waals surface area contributed by atoms with Gasteiger partial charge in [0, 0.05) is 18.7 Å². The summed E-state index contributed by atoms with van der Waals surface area (Å²) in [4.78, 5) is 0. The maximum atomic E-state index is 13.6. The molecular weight excluding hydrogens is 193 g/mol. The van der Waals surface area contributed by atoms with Gasteiger partial charge in [-0.2, -0.15) is 5.10 Å². The van der Waals surface area contributed by atoms with Gasteiger partial charge in [-0.1, -0.05) is 12.1 Å². The van der Waals surface area contributed by atoms with Crippen molar-refractivity contribution in [2.75, 3.05) is 5.73 Å². The number of nitrogens with two attached hydrogens (primary N) is 1. The lowest BCUT2D eigenvalue weighted by atomic mass is 10.1. The normalized spacial score (nSPS) is 10.6. The Morgan fingerprint density at radius 1 is 1.40 bits per heavy atom. The first-order valence-electron chi connectivity index (χ1n) is 4.64. The van der Waals surface area contributed by atoms with E-state index >= 15 is 0 Å². The van der Waals surface area contributed by atoms with Crippen LogP contribution in [0.15, 0.2) is 24.3 Å². The minimum absolute atomic E-state index is 0.270. The van der Waals surface area contributed by atoms with Crippen LogP contribution in [-0.2, 0) is 7.05 Å². The van der Waals surface area contributed by atoms with Crippen LogP contribution < -0.4 is 5.73 Å². The summed E-state index contributed by atoms with van der Waals surface area (Å²) >= 11 is 0.